The van der Waals surface area contributed by atoms with Gasteiger partial charge in [-0.2, -0.15) is 0 Å². The molecule has 174 valence electrons. The lowest BCUT2D eigenvalue weighted by molar-refractivity contribution is 0.0638. The van der Waals surface area contributed by atoms with E-state index < -0.39 is 10.0 Å². The molecule has 1 fully saturated rings. The summed E-state index contributed by atoms with van der Waals surface area (Å²) in [5.74, 6) is 0.830. The number of sulfonamides is 1. The maximum Gasteiger partial charge on any atom is 0.271 e. The molecule has 0 atom stereocenters. The Morgan fingerprint density at radius 2 is 1.70 bits per heavy atom. The molecule has 1 N–H and O–H groups in total. The second kappa shape index (κ2) is 10.4. The molecule has 1 saturated heterocycles. The average Bonchev–Trinajstić information content (AvgIpc) is 3.40. The SMILES string of the molecule is COc1ccc(CCN2CCN(C(=O)c3ccc(NS(=O)(=O)c4cccs4)cc3)CC2)cc1. The first-order valence-electron chi connectivity index (χ1n) is 10.8. The molecule has 0 saturated carbocycles. The van der Waals surface area contributed by atoms with Crippen molar-refractivity contribution >= 4 is 33.0 Å². The summed E-state index contributed by atoms with van der Waals surface area (Å²) in [4.78, 5) is 17.1. The average molecular weight is 486 g/mol. The first-order valence-corrected chi connectivity index (χ1v) is 13.1. The van der Waals surface area contributed by atoms with Crippen LogP contribution in [0.15, 0.2) is 70.3 Å². The van der Waals surface area contributed by atoms with Crippen LogP contribution in [-0.4, -0.2) is 64.0 Å². The van der Waals surface area contributed by atoms with Crippen LogP contribution in [0.1, 0.15) is 15.9 Å². The summed E-state index contributed by atoms with van der Waals surface area (Å²) < 4.78 is 32.7. The molecule has 1 aliphatic rings. The van der Waals surface area contributed by atoms with Gasteiger partial charge < -0.3 is 9.64 Å². The molecular weight excluding hydrogens is 458 g/mol. The van der Waals surface area contributed by atoms with Crippen LogP contribution in [-0.2, 0) is 16.4 Å². The van der Waals surface area contributed by atoms with Gasteiger partial charge in [-0.1, -0.05) is 18.2 Å². The molecule has 0 spiro atoms. The van der Waals surface area contributed by atoms with E-state index in [1.807, 2.05) is 17.0 Å². The number of carbonyl (C=O) groups excluding carboxylic acids is 1. The molecule has 3 aromatic rings. The number of hydrogen-bond donors (Lipinski definition) is 1. The van der Waals surface area contributed by atoms with Crippen LogP contribution < -0.4 is 9.46 Å². The van der Waals surface area contributed by atoms with Crippen LogP contribution in [0.25, 0.3) is 0 Å². The van der Waals surface area contributed by atoms with Crippen molar-refractivity contribution in [1.29, 1.82) is 0 Å². The second-order valence-electron chi connectivity index (χ2n) is 7.85. The summed E-state index contributed by atoms with van der Waals surface area (Å²) >= 11 is 1.16. The number of anilines is 1. The van der Waals surface area contributed by atoms with Crippen LogP contribution in [0.5, 0.6) is 5.75 Å². The Bertz CT molecular complexity index is 1150. The van der Waals surface area contributed by atoms with Gasteiger partial charge in [0.15, 0.2) is 0 Å². The Balaban J connectivity index is 1.26. The Labute approximate surface area is 198 Å². The van der Waals surface area contributed by atoms with Crippen molar-refractivity contribution in [3.05, 3.63) is 77.2 Å². The maximum atomic E-state index is 12.9. The number of carbonyl (C=O) groups is 1. The highest BCUT2D eigenvalue weighted by Crippen LogP contribution is 2.21. The number of nitrogens with one attached hydrogen (secondary N) is 1. The molecule has 1 aliphatic heterocycles. The Hall–Kier alpha value is -2.88. The molecule has 0 unspecified atom stereocenters. The van der Waals surface area contributed by atoms with Gasteiger partial charge in [-0.15, -0.1) is 11.3 Å². The van der Waals surface area contributed by atoms with Gasteiger partial charge in [0.2, 0.25) is 0 Å². The smallest absolute Gasteiger partial charge is 0.271 e. The summed E-state index contributed by atoms with van der Waals surface area (Å²) in [6, 6.07) is 18.0. The number of ether oxygens (including phenoxy) is 1. The van der Waals surface area contributed by atoms with E-state index >= 15 is 0 Å². The lowest BCUT2D eigenvalue weighted by atomic mass is 10.1. The van der Waals surface area contributed by atoms with Gasteiger partial charge in [0.25, 0.3) is 15.9 Å². The third kappa shape index (κ3) is 5.93. The number of hydrogen-bond acceptors (Lipinski definition) is 6. The minimum absolute atomic E-state index is 0.0301. The van der Waals surface area contributed by atoms with Gasteiger partial charge in [-0.05, 0) is 59.8 Å². The minimum Gasteiger partial charge on any atom is -0.497 e. The van der Waals surface area contributed by atoms with Gasteiger partial charge >= 0.3 is 0 Å². The quantitative estimate of drug-likeness (QED) is 0.528. The number of amides is 1. The topological polar surface area (TPSA) is 79.0 Å². The molecule has 7 nitrogen and oxygen atoms in total. The summed E-state index contributed by atoms with van der Waals surface area (Å²) in [6.45, 7) is 3.97. The number of rotatable bonds is 8. The summed E-state index contributed by atoms with van der Waals surface area (Å²) in [5, 5.41) is 1.72. The van der Waals surface area contributed by atoms with Crippen molar-refractivity contribution in [2.45, 2.75) is 10.6 Å². The van der Waals surface area contributed by atoms with Crippen molar-refractivity contribution in [2.24, 2.45) is 0 Å². The molecule has 1 amide bonds. The third-order valence-corrected chi connectivity index (χ3v) is 8.46. The van der Waals surface area contributed by atoms with Gasteiger partial charge in [0.05, 0.1) is 7.11 Å². The summed E-state index contributed by atoms with van der Waals surface area (Å²) in [6.07, 6.45) is 0.959. The van der Waals surface area contributed by atoms with E-state index in [1.165, 1.54) is 5.56 Å². The molecular formula is C24H27N3O4S2. The van der Waals surface area contributed by atoms with E-state index in [1.54, 1.807) is 48.9 Å². The zero-order chi connectivity index (χ0) is 23.3. The lowest BCUT2D eigenvalue weighted by Gasteiger charge is -2.34. The van der Waals surface area contributed by atoms with Gasteiger partial charge in [0, 0.05) is 44.0 Å². The molecule has 2 aromatic carbocycles. The second-order valence-corrected chi connectivity index (χ2v) is 10.7. The molecule has 33 heavy (non-hydrogen) atoms. The van der Waals surface area contributed by atoms with E-state index in [9.17, 15) is 13.2 Å². The van der Waals surface area contributed by atoms with Gasteiger partial charge in [0.1, 0.15) is 9.96 Å². The van der Waals surface area contributed by atoms with Crippen LogP contribution in [0.2, 0.25) is 0 Å². The predicted molar refractivity (Wildman–Crippen MR) is 131 cm³/mol. The Kier molecular flexibility index (Phi) is 7.32. The maximum absolute atomic E-state index is 12.9. The summed E-state index contributed by atoms with van der Waals surface area (Å²) in [7, 11) is -1.93. The zero-order valence-corrected chi connectivity index (χ0v) is 20.1. The fourth-order valence-electron chi connectivity index (χ4n) is 3.74. The zero-order valence-electron chi connectivity index (χ0n) is 18.4. The number of piperazine rings is 1. The fraction of sp³-hybridized carbons (Fsp3) is 0.292. The Morgan fingerprint density at radius 1 is 1.00 bits per heavy atom. The first-order chi connectivity index (χ1) is 15.9. The van der Waals surface area contributed by atoms with Gasteiger partial charge in [-0.3, -0.25) is 14.4 Å². The molecule has 0 aliphatic carbocycles. The molecule has 2 heterocycles. The van der Waals surface area contributed by atoms with Crippen molar-refractivity contribution in [3.63, 3.8) is 0 Å². The third-order valence-electron chi connectivity index (χ3n) is 5.68. The van der Waals surface area contributed by atoms with Crippen LogP contribution >= 0.6 is 11.3 Å². The molecule has 0 bridgehead atoms. The monoisotopic (exact) mass is 485 g/mol. The predicted octanol–water partition coefficient (Wildman–Crippen LogP) is 3.56. The molecule has 4 rings (SSSR count). The van der Waals surface area contributed by atoms with Gasteiger partial charge in [-0.25, -0.2) is 8.42 Å². The molecule has 9 heteroatoms. The fourth-order valence-corrected chi connectivity index (χ4v) is 5.79. The number of nitrogens with zero attached hydrogens (tertiary/aromatic N) is 2. The van der Waals surface area contributed by atoms with E-state index in [0.29, 0.717) is 24.3 Å². The molecule has 0 radical (unpaired) electrons. The largest absolute Gasteiger partial charge is 0.497 e. The normalized spacial score (nSPS) is 14.8. The van der Waals surface area contributed by atoms with Crippen LogP contribution in [0, 0.1) is 0 Å². The van der Waals surface area contributed by atoms with E-state index in [-0.39, 0.29) is 10.1 Å². The molecule has 1 aromatic heterocycles. The number of thiophene rings is 1. The highest BCUT2D eigenvalue weighted by Gasteiger charge is 2.22. The van der Waals surface area contributed by atoms with E-state index in [2.05, 4.69) is 21.8 Å². The summed E-state index contributed by atoms with van der Waals surface area (Å²) in [5.41, 5.74) is 2.26. The highest BCUT2D eigenvalue weighted by atomic mass is 32.2. The first kappa shape index (κ1) is 23.3. The highest BCUT2D eigenvalue weighted by molar-refractivity contribution is 7.94. The van der Waals surface area contributed by atoms with Crippen molar-refractivity contribution in [3.8, 4) is 5.75 Å². The Morgan fingerprint density at radius 3 is 2.30 bits per heavy atom. The number of methoxy groups -OCH3 is 1. The van der Waals surface area contributed by atoms with Crippen LogP contribution in [0.3, 0.4) is 0 Å². The van der Waals surface area contributed by atoms with Crippen molar-refractivity contribution < 1.29 is 17.9 Å². The van der Waals surface area contributed by atoms with Crippen molar-refractivity contribution in [1.82, 2.24) is 9.80 Å². The lowest BCUT2D eigenvalue weighted by Crippen LogP contribution is -2.49. The standard InChI is InChI=1S/C24H27N3O4S2/c1-31-22-10-4-19(5-11-22)12-13-26-14-16-27(17-15-26)24(28)20-6-8-21(9-7-20)25-33(29,30)23-3-2-18-32-23/h2-11,18,25H,12-17H2,1H3. The van der Waals surface area contributed by atoms with E-state index in [0.717, 1.165) is 43.1 Å². The van der Waals surface area contributed by atoms with Crippen molar-refractivity contribution in [2.75, 3.05) is 44.6 Å². The van der Waals surface area contributed by atoms with E-state index in [4.69, 9.17) is 4.74 Å². The minimum atomic E-state index is -3.60. The van der Waals surface area contributed by atoms with Crippen LogP contribution in [0.4, 0.5) is 5.69 Å². The number of benzene rings is 2.